The van der Waals surface area contributed by atoms with E-state index in [9.17, 15) is 19.6 Å². The molecule has 0 amide bonds. The number of nitrogens with one attached hydrogen (secondary N) is 1. The van der Waals surface area contributed by atoms with Crippen LogP contribution >= 0.6 is 11.3 Å². The van der Waals surface area contributed by atoms with Gasteiger partial charge in [0.25, 0.3) is 0 Å². The van der Waals surface area contributed by atoms with Crippen LogP contribution in [0.1, 0.15) is 11.7 Å². The van der Waals surface area contributed by atoms with Gasteiger partial charge in [-0.05, 0) is 22.4 Å². The molecule has 0 unspecified atom stereocenters. The molecule has 0 spiro atoms. The molecule has 0 aliphatic rings. The Labute approximate surface area is 123 Å². The Kier molecular flexibility index (Phi) is 4.71. The van der Waals surface area contributed by atoms with Crippen molar-refractivity contribution in [1.82, 2.24) is 0 Å². The molecule has 21 heavy (non-hydrogen) atoms. The van der Waals surface area contributed by atoms with E-state index in [-0.39, 0.29) is 18.0 Å². The van der Waals surface area contributed by atoms with Crippen molar-refractivity contribution in [2.75, 3.05) is 19.0 Å². The van der Waals surface area contributed by atoms with Crippen molar-refractivity contribution in [2.24, 2.45) is 0 Å². The van der Waals surface area contributed by atoms with Gasteiger partial charge in [0, 0.05) is 18.7 Å². The fourth-order valence-corrected chi connectivity index (χ4v) is 2.51. The topological polar surface area (TPSA) is 84.6 Å². The first-order valence-electron chi connectivity index (χ1n) is 5.99. The van der Waals surface area contributed by atoms with Gasteiger partial charge in [0.15, 0.2) is 0 Å². The molecule has 2 N–H and O–H groups in total. The minimum atomic E-state index is -0.994. The zero-order valence-corrected chi connectivity index (χ0v) is 11.9. The largest absolute Gasteiger partial charge is 0.497 e. The molecule has 1 heterocycles. The average Bonchev–Trinajstić information content (AvgIpc) is 2.97. The first-order valence-corrected chi connectivity index (χ1v) is 6.93. The van der Waals surface area contributed by atoms with Crippen LogP contribution in [-0.2, 0) is 0 Å². The molecule has 0 aliphatic heterocycles. The Morgan fingerprint density at radius 2 is 2.33 bits per heavy atom. The van der Waals surface area contributed by atoms with Crippen LogP contribution in [0.2, 0.25) is 0 Å². The van der Waals surface area contributed by atoms with Gasteiger partial charge in [-0.1, -0.05) is 0 Å². The third-order valence-electron chi connectivity index (χ3n) is 2.87. The molecule has 112 valence electrons. The molecule has 0 saturated carbocycles. The van der Waals surface area contributed by atoms with E-state index < -0.39 is 22.5 Å². The van der Waals surface area contributed by atoms with E-state index in [1.54, 1.807) is 11.4 Å². The summed E-state index contributed by atoms with van der Waals surface area (Å²) in [5.74, 6) is -0.836. The van der Waals surface area contributed by atoms with E-state index in [0.717, 1.165) is 6.07 Å². The van der Waals surface area contributed by atoms with Crippen LogP contribution in [0.15, 0.2) is 29.0 Å². The summed E-state index contributed by atoms with van der Waals surface area (Å²) in [4.78, 5) is 10.1. The van der Waals surface area contributed by atoms with Gasteiger partial charge in [-0.2, -0.15) is 15.7 Å². The van der Waals surface area contributed by atoms with Crippen molar-refractivity contribution < 1.29 is 19.2 Å². The number of nitro groups is 1. The van der Waals surface area contributed by atoms with Gasteiger partial charge >= 0.3 is 5.69 Å². The van der Waals surface area contributed by atoms with Gasteiger partial charge in [0.05, 0.1) is 18.1 Å². The molecule has 0 radical (unpaired) electrons. The maximum absolute atomic E-state index is 13.7. The van der Waals surface area contributed by atoms with E-state index in [0.29, 0.717) is 5.56 Å². The summed E-state index contributed by atoms with van der Waals surface area (Å²) in [6.45, 7) is 0.0180. The molecule has 1 atom stereocenters. The molecule has 1 aromatic carbocycles. The smallest absolute Gasteiger partial charge is 0.327 e. The zero-order valence-electron chi connectivity index (χ0n) is 11.1. The fourth-order valence-electron chi connectivity index (χ4n) is 1.80. The van der Waals surface area contributed by atoms with Crippen molar-refractivity contribution in [2.45, 2.75) is 6.10 Å². The van der Waals surface area contributed by atoms with Gasteiger partial charge in [-0.25, -0.2) is 0 Å². The first-order chi connectivity index (χ1) is 10.0. The number of benzene rings is 1. The van der Waals surface area contributed by atoms with Gasteiger partial charge in [0.1, 0.15) is 11.4 Å². The van der Waals surface area contributed by atoms with Crippen molar-refractivity contribution >= 4 is 22.7 Å². The van der Waals surface area contributed by atoms with E-state index in [4.69, 9.17) is 4.74 Å². The lowest BCUT2D eigenvalue weighted by molar-refractivity contribution is -0.386. The average molecular weight is 312 g/mol. The number of halogens is 1. The van der Waals surface area contributed by atoms with Crippen molar-refractivity contribution in [3.8, 4) is 5.75 Å². The van der Waals surface area contributed by atoms with Crippen LogP contribution in [-0.4, -0.2) is 23.7 Å². The molecular weight excluding hydrogens is 299 g/mol. The van der Waals surface area contributed by atoms with Gasteiger partial charge in [-0.15, -0.1) is 0 Å². The number of hydrogen-bond acceptors (Lipinski definition) is 6. The number of rotatable bonds is 6. The fraction of sp³-hybridized carbons (Fsp3) is 0.231. The van der Waals surface area contributed by atoms with E-state index in [1.807, 2.05) is 5.38 Å². The van der Waals surface area contributed by atoms with Gasteiger partial charge < -0.3 is 15.2 Å². The molecule has 0 fully saturated rings. The van der Waals surface area contributed by atoms with E-state index in [1.165, 1.54) is 24.5 Å². The van der Waals surface area contributed by atoms with Crippen LogP contribution in [0.5, 0.6) is 5.75 Å². The quantitative estimate of drug-likeness (QED) is 0.633. The van der Waals surface area contributed by atoms with Crippen molar-refractivity contribution in [1.29, 1.82) is 0 Å². The maximum Gasteiger partial charge on any atom is 0.327 e. The Hall–Kier alpha value is -2.19. The molecular formula is C13H13FN2O4S. The number of nitro benzene ring substituents is 1. The highest BCUT2D eigenvalue weighted by molar-refractivity contribution is 7.07. The van der Waals surface area contributed by atoms with Crippen LogP contribution in [0.3, 0.4) is 0 Å². The van der Waals surface area contributed by atoms with E-state index in [2.05, 4.69) is 5.32 Å². The maximum atomic E-state index is 13.7. The van der Waals surface area contributed by atoms with E-state index >= 15 is 0 Å². The lowest BCUT2D eigenvalue weighted by Gasteiger charge is -2.13. The minimum absolute atomic E-state index is 0.0180. The molecule has 0 aliphatic carbocycles. The number of hydrogen-bond donors (Lipinski definition) is 2. The highest BCUT2D eigenvalue weighted by Gasteiger charge is 2.22. The molecule has 2 rings (SSSR count). The summed E-state index contributed by atoms with van der Waals surface area (Å²) in [6.07, 6.45) is -0.842. The lowest BCUT2D eigenvalue weighted by Crippen LogP contribution is -2.13. The number of thiophene rings is 1. The molecule has 0 bridgehead atoms. The minimum Gasteiger partial charge on any atom is -0.497 e. The third kappa shape index (κ3) is 3.47. The summed E-state index contributed by atoms with van der Waals surface area (Å²) in [5.41, 5.74) is -0.0158. The summed E-state index contributed by atoms with van der Waals surface area (Å²) in [7, 11) is 1.34. The van der Waals surface area contributed by atoms with Crippen LogP contribution in [0.25, 0.3) is 0 Å². The van der Waals surface area contributed by atoms with Crippen LogP contribution in [0, 0.1) is 15.9 Å². The Balaban J connectivity index is 2.22. The monoisotopic (exact) mass is 312 g/mol. The SMILES string of the molecule is COc1cc(F)c([N+](=O)[O-])c(NC[C@H](O)c2ccsc2)c1. The normalized spacial score (nSPS) is 12.0. The van der Waals surface area contributed by atoms with Crippen molar-refractivity contribution in [3.05, 3.63) is 50.5 Å². The number of aliphatic hydroxyl groups is 1. The summed E-state index contributed by atoms with van der Waals surface area (Å²) in [5, 5.41) is 27.2. The Morgan fingerprint density at radius 3 is 2.90 bits per heavy atom. The number of aliphatic hydroxyl groups excluding tert-OH is 1. The van der Waals surface area contributed by atoms with Crippen LogP contribution < -0.4 is 10.1 Å². The van der Waals surface area contributed by atoms with Crippen LogP contribution in [0.4, 0.5) is 15.8 Å². The number of anilines is 1. The molecule has 2 aromatic rings. The molecule has 0 saturated heterocycles. The molecule has 6 nitrogen and oxygen atoms in total. The Bertz CT molecular complexity index is 633. The second-order valence-corrected chi connectivity index (χ2v) is 5.00. The second kappa shape index (κ2) is 6.51. The lowest BCUT2D eigenvalue weighted by atomic mass is 10.2. The standard InChI is InChI=1S/C13H13FN2O4S/c1-20-9-4-10(14)13(16(18)19)11(5-9)15-6-12(17)8-2-3-21-7-8/h2-5,7,12,15,17H,6H2,1H3/t12-/m0/s1. The predicted molar refractivity (Wildman–Crippen MR) is 77.4 cm³/mol. The molecule has 8 heteroatoms. The molecule has 1 aromatic heterocycles. The first kappa shape index (κ1) is 15.2. The summed E-state index contributed by atoms with van der Waals surface area (Å²) < 4.78 is 18.6. The third-order valence-corrected chi connectivity index (χ3v) is 3.57. The number of methoxy groups -OCH3 is 1. The number of nitrogens with zero attached hydrogens (tertiary/aromatic N) is 1. The summed E-state index contributed by atoms with van der Waals surface area (Å²) in [6, 6.07) is 4.01. The summed E-state index contributed by atoms with van der Waals surface area (Å²) >= 11 is 1.43. The van der Waals surface area contributed by atoms with Crippen molar-refractivity contribution in [3.63, 3.8) is 0 Å². The predicted octanol–water partition coefficient (Wildman–Crippen LogP) is 2.95. The Morgan fingerprint density at radius 1 is 1.57 bits per heavy atom. The highest BCUT2D eigenvalue weighted by atomic mass is 32.1. The second-order valence-electron chi connectivity index (χ2n) is 4.22. The highest BCUT2D eigenvalue weighted by Crippen LogP contribution is 2.32. The van der Waals surface area contributed by atoms with Gasteiger partial charge in [0.2, 0.25) is 5.82 Å². The van der Waals surface area contributed by atoms with Gasteiger partial charge in [-0.3, -0.25) is 10.1 Å². The number of ether oxygens (including phenoxy) is 1. The zero-order chi connectivity index (χ0) is 15.4.